The Labute approximate surface area is 136 Å². The van der Waals surface area contributed by atoms with E-state index in [0.29, 0.717) is 0 Å². The van der Waals surface area contributed by atoms with Gasteiger partial charge in [0.2, 0.25) is 0 Å². The molecule has 10 heteroatoms. The van der Waals surface area contributed by atoms with Crippen LogP contribution >= 0.6 is 0 Å². The molecule has 23 heavy (non-hydrogen) atoms. The summed E-state index contributed by atoms with van der Waals surface area (Å²) >= 11 is 0. The molecular formula is C13H24O9Si. The topological polar surface area (TPSA) is 107 Å². The number of rotatable bonds is 12. The van der Waals surface area contributed by atoms with Crippen molar-refractivity contribution in [3.8, 4) is 0 Å². The quantitative estimate of drug-likeness (QED) is 0.458. The summed E-state index contributed by atoms with van der Waals surface area (Å²) in [5.41, 5.74) is 0. The lowest BCUT2D eigenvalue weighted by molar-refractivity contribution is -0.151. The second-order valence-corrected chi connectivity index (χ2v) is 6.85. The molecule has 0 aromatic rings. The molecule has 0 heterocycles. The normalized spacial score (nSPS) is 11.0. The third-order valence-electron chi connectivity index (χ3n) is 2.43. The van der Waals surface area contributed by atoms with E-state index >= 15 is 0 Å². The summed E-state index contributed by atoms with van der Waals surface area (Å²) in [7, 11) is 0.486. The van der Waals surface area contributed by atoms with E-state index < -0.39 is 26.7 Å². The molecule has 0 aliphatic rings. The van der Waals surface area contributed by atoms with Gasteiger partial charge in [0.15, 0.2) is 0 Å². The van der Waals surface area contributed by atoms with Crippen LogP contribution in [0.25, 0.3) is 0 Å². The molecule has 0 saturated heterocycles. The second kappa shape index (κ2) is 12.0. The van der Waals surface area contributed by atoms with Gasteiger partial charge in [-0.25, -0.2) is 0 Å². The van der Waals surface area contributed by atoms with E-state index in [4.69, 9.17) is 27.5 Å². The van der Waals surface area contributed by atoms with Crippen LogP contribution in [0.4, 0.5) is 0 Å². The standard InChI is InChI=1S/C13H24O9Si/c1-17-8-5-11(14)20-23(4,21-12(15)6-9-18-2)22-13(16)7-10-19-3/h5-10H2,1-4H3. The zero-order valence-electron chi connectivity index (χ0n) is 13.9. The molecule has 0 N–H and O–H groups in total. The van der Waals surface area contributed by atoms with Crippen LogP contribution in [0.3, 0.4) is 0 Å². The molecule has 0 spiro atoms. The number of methoxy groups -OCH3 is 3. The van der Waals surface area contributed by atoms with Gasteiger partial charge in [-0.2, -0.15) is 0 Å². The minimum absolute atomic E-state index is 0.0513. The van der Waals surface area contributed by atoms with E-state index in [2.05, 4.69) is 0 Å². The van der Waals surface area contributed by atoms with Gasteiger partial charge in [-0.05, 0) is 0 Å². The van der Waals surface area contributed by atoms with Gasteiger partial charge in [0.05, 0.1) is 39.1 Å². The highest BCUT2D eigenvalue weighted by molar-refractivity contribution is 6.64. The zero-order valence-corrected chi connectivity index (χ0v) is 14.9. The maximum Gasteiger partial charge on any atom is 0.701 e. The fourth-order valence-corrected chi connectivity index (χ4v) is 3.06. The molecule has 0 radical (unpaired) electrons. The molecule has 0 aliphatic carbocycles. The van der Waals surface area contributed by atoms with Crippen molar-refractivity contribution in [2.75, 3.05) is 41.2 Å². The molecule has 0 rings (SSSR count). The summed E-state index contributed by atoms with van der Waals surface area (Å²) in [6.45, 7) is 1.71. The fraction of sp³-hybridized carbons (Fsp3) is 0.769. The van der Waals surface area contributed by atoms with Crippen molar-refractivity contribution in [1.29, 1.82) is 0 Å². The highest BCUT2D eigenvalue weighted by atomic mass is 28.4. The molecule has 0 saturated carbocycles. The summed E-state index contributed by atoms with van der Waals surface area (Å²) < 4.78 is 29.6. The van der Waals surface area contributed by atoms with Crippen molar-refractivity contribution in [3.05, 3.63) is 0 Å². The second-order valence-electron chi connectivity index (χ2n) is 4.51. The number of carbonyl (C=O) groups excluding carboxylic acids is 3. The number of carbonyl (C=O) groups is 3. The first-order valence-corrected chi connectivity index (χ1v) is 9.21. The SMILES string of the molecule is COCCC(=O)O[Si](C)(OC(=O)CCOC)OC(=O)CCOC. The lowest BCUT2D eigenvalue weighted by Crippen LogP contribution is -2.48. The molecule has 0 aromatic carbocycles. The number of hydrogen-bond acceptors (Lipinski definition) is 9. The Hall–Kier alpha value is -1.49. The van der Waals surface area contributed by atoms with Gasteiger partial charge in [-0.3, -0.25) is 14.4 Å². The van der Waals surface area contributed by atoms with E-state index in [9.17, 15) is 14.4 Å². The maximum atomic E-state index is 11.7. The molecule has 9 nitrogen and oxygen atoms in total. The predicted octanol–water partition coefficient (Wildman–Crippen LogP) is 0.294. The molecule has 0 unspecified atom stereocenters. The van der Waals surface area contributed by atoms with Gasteiger partial charge in [0.1, 0.15) is 0 Å². The van der Waals surface area contributed by atoms with Gasteiger partial charge < -0.3 is 27.5 Å². The van der Waals surface area contributed by atoms with Crippen molar-refractivity contribution in [1.82, 2.24) is 0 Å². The molecular weight excluding hydrogens is 328 g/mol. The minimum atomic E-state index is -3.80. The van der Waals surface area contributed by atoms with E-state index in [1.165, 1.54) is 27.9 Å². The molecule has 0 aliphatic heterocycles. The van der Waals surface area contributed by atoms with Crippen molar-refractivity contribution < 1.29 is 41.9 Å². The molecule has 0 atom stereocenters. The first kappa shape index (κ1) is 21.5. The van der Waals surface area contributed by atoms with Gasteiger partial charge >= 0.3 is 8.80 Å². The average Bonchev–Trinajstić information content (AvgIpc) is 2.48. The molecule has 0 bridgehead atoms. The summed E-state index contributed by atoms with van der Waals surface area (Å²) in [6, 6.07) is 0. The van der Waals surface area contributed by atoms with Crippen LogP contribution in [0.2, 0.25) is 6.55 Å². The summed E-state index contributed by atoms with van der Waals surface area (Å²) in [5, 5.41) is 0. The van der Waals surface area contributed by atoms with Gasteiger partial charge in [-0.15, -0.1) is 0 Å². The Kier molecular flexibility index (Phi) is 11.2. The van der Waals surface area contributed by atoms with Crippen LogP contribution in [-0.2, 0) is 41.9 Å². The number of ether oxygens (including phenoxy) is 3. The number of hydrogen-bond donors (Lipinski definition) is 0. The van der Waals surface area contributed by atoms with Crippen molar-refractivity contribution in [2.24, 2.45) is 0 Å². The minimum Gasteiger partial charge on any atom is -0.455 e. The summed E-state index contributed by atoms with van der Waals surface area (Å²) in [5.74, 6) is -2.04. The van der Waals surface area contributed by atoms with Crippen LogP contribution in [0.15, 0.2) is 0 Å². The Balaban J connectivity index is 4.77. The van der Waals surface area contributed by atoms with Gasteiger partial charge in [-0.1, -0.05) is 0 Å². The van der Waals surface area contributed by atoms with E-state index in [1.807, 2.05) is 0 Å². The smallest absolute Gasteiger partial charge is 0.455 e. The molecule has 134 valence electrons. The highest BCUT2D eigenvalue weighted by Gasteiger charge is 2.47. The van der Waals surface area contributed by atoms with Gasteiger partial charge in [0, 0.05) is 27.9 Å². The summed E-state index contributed by atoms with van der Waals surface area (Å²) in [4.78, 5) is 35.1. The fourth-order valence-electron chi connectivity index (χ4n) is 1.39. The Morgan fingerprint density at radius 2 is 0.913 bits per heavy atom. The average molecular weight is 352 g/mol. The highest BCUT2D eigenvalue weighted by Crippen LogP contribution is 2.14. The monoisotopic (exact) mass is 352 g/mol. The Morgan fingerprint density at radius 3 is 1.13 bits per heavy atom. The first-order valence-electron chi connectivity index (χ1n) is 6.99. The van der Waals surface area contributed by atoms with Gasteiger partial charge in [0.25, 0.3) is 17.9 Å². The van der Waals surface area contributed by atoms with Crippen LogP contribution in [0.5, 0.6) is 0 Å². The molecule has 0 fully saturated rings. The Bertz CT molecular complexity index is 331. The zero-order chi connectivity index (χ0) is 17.7. The third-order valence-corrected chi connectivity index (χ3v) is 4.22. The Morgan fingerprint density at radius 1 is 0.652 bits per heavy atom. The van der Waals surface area contributed by atoms with E-state index in [0.717, 1.165) is 0 Å². The largest absolute Gasteiger partial charge is 0.701 e. The van der Waals surface area contributed by atoms with Crippen LogP contribution in [-0.4, -0.2) is 67.9 Å². The van der Waals surface area contributed by atoms with Crippen molar-refractivity contribution in [2.45, 2.75) is 25.8 Å². The first-order chi connectivity index (χ1) is 10.9. The van der Waals surface area contributed by atoms with Crippen molar-refractivity contribution >= 4 is 26.7 Å². The lowest BCUT2D eigenvalue weighted by atomic mass is 10.5. The van der Waals surface area contributed by atoms with Crippen LogP contribution in [0, 0.1) is 0 Å². The predicted molar refractivity (Wildman–Crippen MR) is 79.4 cm³/mol. The summed E-state index contributed by atoms with van der Waals surface area (Å²) in [6.07, 6.45) is -0.154. The van der Waals surface area contributed by atoms with Crippen molar-refractivity contribution in [3.63, 3.8) is 0 Å². The maximum absolute atomic E-state index is 11.7. The van der Waals surface area contributed by atoms with Crippen LogP contribution < -0.4 is 0 Å². The van der Waals surface area contributed by atoms with E-state index in [1.54, 1.807) is 0 Å². The van der Waals surface area contributed by atoms with Crippen LogP contribution in [0.1, 0.15) is 19.3 Å². The molecule has 0 aromatic heterocycles. The lowest BCUT2D eigenvalue weighted by Gasteiger charge is -2.24. The molecule has 0 amide bonds. The third kappa shape index (κ3) is 10.8. The van der Waals surface area contributed by atoms with E-state index in [-0.39, 0.29) is 39.1 Å².